The molecule has 5 unspecified atom stereocenters. The number of phenols is 4. The number of pyridine rings is 1. The molecule has 0 radical (unpaired) electrons. The Morgan fingerprint density at radius 2 is 1.78 bits per heavy atom. The maximum absolute atomic E-state index is 15.9. The summed E-state index contributed by atoms with van der Waals surface area (Å²) in [5, 5.41) is 61.4. The number of phenolic OH excluding ortho intramolecular Hbond substituents is 4. The topological polar surface area (TPSA) is 176 Å². The second-order valence-electron chi connectivity index (χ2n) is 18.3. The lowest BCUT2D eigenvalue weighted by Crippen LogP contribution is -2.50. The summed E-state index contributed by atoms with van der Waals surface area (Å²) in [6, 6.07) is 25.8. The number of ketones is 1. The summed E-state index contributed by atoms with van der Waals surface area (Å²) < 4.78 is 11.5. The van der Waals surface area contributed by atoms with Gasteiger partial charge in [0.05, 0.1) is 25.7 Å². The molecule has 2 bridgehead atoms. The predicted molar refractivity (Wildman–Crippen MR) is 248 cm³/mol. The number of hydrogen-bond acceptors (Lipinski definition) is 10. The average molecular weight is 867 g/mol. The fourth-order valence-electron chi connectivity index (χ4n) is 10.7. The zero-order valence-corrected chi connectivity index (χ0v) is 37.0. The Hall–Kier alpha value is -6.20. The smallest absolute Gasteiger partial charge is 0.200 e. The number of methoxy groups -OCH3 is 1. The van der Waals surface area contributed by atoms with Crippen molar-refractivity contribution in [2.45, 2.75) is 102 Å². The fourth-order valence-corrected chi connectivity index (χ4v) is 10.7. The van der Waals surface area contributed by atoms with Crippen LogP contribution < -0.4 is 19.8 Å². The Bertz CT molecular complexity index is 2570. The minimum absolute atomic E-state index is 0.0249. The van der Waals surface area contributed by atoms with E-state index >= 15 is 4.79 Å². The number of nitrogens with zero attached hydrogens (tertiary/aromatic N) is 2. The molecule has 0 amide bonds. The number of anilines is 2. The zero-order chi connectivity index (χ0) is 45.0. The van der Waals surface area contributed by atoms with Gasteiger partial charge in [-0.3, -0.25) is 4.79 Å². The molecular weight excluding hydrogens is 807 g/mol. The lowest BCUT2D eigenvalue weighted by atomic mass is 9.58. The van der Waals surface area contributed by atoms with E-state index in [1.807, 2.05) is 42.5 Å². The van der Waals surface area contributed by atoms with Gasteiger partial charge >= 0.3 is 0 Å². The summed E-state index contributed by atoms with van der Waals surface area (Å²) in [6.45, 7) is 4.64. The molecule has 2 aliphatic rings. The first-order valence-corrected chi connectivity index (χ1v) is 22.7. The van der Waals surface area contributed by atoms with Crippen LogP contribution in [0.25, 0.3) is 10.8 Å². The van der Waals surface area contributed by atoms with Crippen molar-refractivity contribution in [3.05, 3.63) is 125 Å². The minimum atomic E-state index is -1.07. The molecule has 1 spiro atoms. The number of ether oxygens (including phenoxy) is 2. The molecule has 1 fully saturated rings. The van der Waals surface area contributed by atoms with Gasteiger partial charge in [0.1, 0.15) is 17.4 Å². The number of rotatable bonds is 13. The zero-order valence-electron chi connectivity index (χ0n) is 37.0. The highest BCUT2D eigenvalue weighted by atomic mass is 16.5. The largest absolute Gasteiger partial charge is 0.668 e. The number of carbonyl (C=O) groups is 1. The number of hydrogen-bond donors (Lipinski definition) is 6. The van der Waals surface area contributed by atoms with Crippen molar-refractivity contribution in [3.8, 4) is 34.5 Å². The number of nitrogens with one attached hydrogen (secondary N) is 1. The summed E-state index contributed by atoms with van der Waals surface area (Å²) in [7, 11) is 1.50. The number of carbonyl (C=O) groups excluding carboxylic acids is 1. The third-order valence-electron chi connectivity index (χ3n) is 13.8. The van der Waals surface area contributed by atoms with Crippen molar-refractivity contribution in [3.63, 3.8) is 0 Å². The van der Waals surface area contributed by atoms with E-state index in [1.54, 1.807) is 48.8 Å². The lowest BCUT2D eigenvalue weighted by Gasteiger charge is -2.45. The number of fused-ring (bicyclic) bond motifs is 6. The van der Waals surface area contributed by atoms with E-state index in [9.17, 15) is 25.5 Å². The number of benzene rings is 4. The van der Waals surface area contributed by atoms with Crippen LogP contribution in [0.4, 0.5) is 11.5 Å². The number of Topliss-reactive ketones (excluding diaryl/α,β-unsaturated/α-hetero) is 1. The molecule has 64 heavy (non-hydrogen) atoms. The molecule has 1 aliphatic heterocycles. The Morgan fingerprint density at radius 3 is 2.58 bits per heavy atom. The van der Waals surface area contributed by atoms with E-state index in [0.717, 1.165) is 64.5 Å². The molecule has 2 aromatic heterocycles. The molecule has 5 atom stereocenters. The van der Waals surface area contributed by atoms with Crippen molar-refractivity contribution < 1.29 is 39.8 Å². The molecule has 11 nitrogen and oxygen atoms in total. The second-order valence-corrected chi connectivity index (χ2v) is 18.3. The lowest BCUT2D eigenvalue weighted by molar-refractivity contribution is -0.132. The van der Waals surface area contributed by atoms with Crippen LogP contribution in [0.5, 0.6) is 34.5 Å². The van der Waals surface area contributed by atoms with Crippen LogP contribution >= 0.6 is 0 Å². The minimum Gasteiger partial charge on any atom is -0.668 e. The van der Waals surface area contributed by atoms with E-state index in [0.29, 0.717) is 61.8 Å². The van der Waals surface area contributed by atoms with Crippen molar-refractivity contribution in [1.82, 2.24) is 9.97 Å². The normalized spacial score (nSPS) is 20.6. The Morgan fingerprint density at radius 1 is 0.922 bits per heavy atom. The van der Waals surface area contributed by atoms with Crippen LogP contribution in [0.2, 0.25) is 0 Å². The Kier molecular flexibility index (Phi) is 13.4. The van der Waals surface area contributed by atoms with Gasteiger partial charge < -0.3 is 45.3 Å². The van der Waals surface area contributed by atoms with Gasteiger partial charge in [-0.05, 0) is 163 Å². The van der Waals surface area contributed by atoms with E-state index < -0.39 is 23.4 Å². The number of aromatic hydroxyl groups is 4. The first-order valence-electron chi connectivity index (χ1n) is 22.7. The first kappa shape index (κ1) is 44.4. The predicted octanol–water partition coefficient (Wildman–Crippen LogP) is 10.2. The van der Waals surface area contributed by atoms with Crippen LogP contribution in [-0.4, -0.2) is 56.1 Å². The van der Waals surface area contributed by atoms with Crippen LogP contribution in [-0.2, 0) is 29.5 Å². The fraction of sp³-hybridized carbons (Fsp3) is 0.396. The molecule has 1 saturated carbocycles. The highest BCUT2D eigenvalue weighted by Crippen LogP contribution is 2.55. The molecule has 6 aromatic rings. The third kappa shape index (κ3) is 9.36. The van der Waals surface area contributed by atoms with Crippen molar-refractivity contribution >= 4 is 28.1 Å². The number of aryl methyl sites for hydroxylation is 2. The maximum Gasteiger partial charge on any atom is 0.200 e. The van der Waals surface area contributed by atoms with Gasteiger partial charge in [-0.2, -0.15) is 11.9 Å². The van der Waals surface area contributed by atoms with Crippen molar-refractivity contribution in [1.29, 1.82) is 0 Å². The van der Waals surface area contributed by atoms with Crippen LogP contribution in [0, 0.1) is 17.8 Å². The van der Waals surface area contributed by atoms with E-state index in [2.05, 4.69) is 30.2 Å². The van der Waals surface area contributed by atoms with Crippen molar-refractivity contribution in [2.75, 3.05) is 19.0 Å². The van der Waals surface area contributed by atoms with Gasteiger partial charge in [-0.25, -0.2) is 4.98 Å². The summed E-state index contributed by atoms with van der Waals surface area (Å²) >= 11 is 0. The quantitative estimate of drug-likeness (QED) is 0.0481. The number of aliphatic hydroxyl groups is 1. The maximum atomic E-state index is 15.9. The van der Waals surface area contributed by atoms with Gasteiger partial charge in [0.2, 0.25) is 5.75 Å². The molecule has 1 aliphatic carbocycles. The van der Waals surface area contributed by atoms with E-state index in [4.69, 9.17) is 14.5 Å². The van der Waals surface area contributed by atoms with Gasteiger partial charge in [0, 0.05) is 23.7 Å². The summed E-state index contributed by atoms with van der Waals surface area (Å²) in [6.07, 6.45) is 8.89. The van der Waals surface area contributed by atoms with Crippen LogP contribution in [0.1, 0.15) is 99.1 Å². The highest BCUT2D eigenvalue weighted by molar-refractivity contribution is 5.92. The number of aromatic nitrogens is 2. The first-order chi connectivity index (χ1) is 30.9. The molecule has 8 rings (SSSR count). The standard InChI is InChI=1S/C53H60N3O8/c1-32(2)7-6-24-64-49-29-36(28-47(61)52(49)62)34-12-15-42-41-16-14-40(57)26-35(41)13-17-43(42)56-50-31-38(20-23-55-50)53(21-4-8-37(53)30-39-9-5-22-54-39)51(46(60)27-34)45(59)19-11-33-10-18-44(58)48(25-33)63-3/h5,9-10,13-14,16-18,20,22-23,25-26,28-29,31-32,34,37,45,51,57-59,61-62H,4,6-8,11-12,15,19,21,24,27,30H2,1-3H3,(H,55,56)/q-1. The summed E-state index contributed by atoms with van der Waals surface area (Å²) in [4.78, 5) is 25.4. The van der Waals surface area contributed by atoms with Crippen LogP contribution in [0.15, 0.2) is 97.3 Å². The van der Waals surface area contributed by atoms with Gasteiger partial charge in [0.15, 0.2) is 23.0 Å². The monoisotopic (exact) mass is 866 g/mol. The third-order valence-corrected chi connectivity index (χ3v) is 13.8. The molecule has 3 heterocycles. The van der Waals surface area contributed by atoms with E-state index in [-0.39, 0.29) is 53.3 Å². The average Bonchev–Trinajstić information content (AvgIpc) is 3.96. The summed E-state index contributed by atoms with van der Waals surface area (Å²) in [5.41, 5.74) is 4.37. The van der Waals surface area contributed by atoms with E-state index in [1.165, 1.54) is 7.11 Å². The van der Waals surface area contributed by atoms with Crippen LogP contribution in [0.3, 0.4) is 0 Å². The van der Waals surface area contributed by atoms with Crippen molar-refractivity contribution in [2.24, 2.45) is 17.8 Å². The Balaban J connectivity index is 1.28. The van der Waals surface area contributed by atoms with Gasteiger partial charge in [-0.1, -0.05) is 50.6 Å². The van der Waals surface area contributed by atoms with Gasteiger partial charge in [-0.15, -0.1) is 0 Å². The molecule has 11 heteroatoms. The molecular formula is C53H60N3O8-. The molecule has 4 aromatic carbocycles. The second kappa shape index (κ2) is 19.3. The number of aliphatic hydroxyl groups excluding tert-OH is 1. The molecule has 336 valence electrons. The SMILES string of the molecule is COc1cc(CCC(O)C2C(=O)CC(c3cc(O)c(O)c(OCCCC(C)C)c3)CCc3c(ccc4cc(O)ccc34)Nc3cc(ccn3)C23CCCC3Cc2ccc[n-]2)ccc1O. The summed E-state index contributed by atoms with van der Waals surface area (Å²) in [5.74, 6) is -0.354. The Labute approximate surface area is 375 Å². The molecule has 0 saturated heterocycles. The van der Waals surface area contributed by atoms with Gasteiger partial charge in [0.25, 0.3) is 0 Å². The molecule has 6 N–H and O–H groups in total. The highest BCUT2D eigenvalue weighted by Gasteiger charge is 2.54.